The molecule has 1 atom stereocenters. The highest BCUT2D eigenvalue weighted by Gasteiger charge is 2.29. The van der Waals surface area contributed by atoms with Gasteiger partial charge < -0.3 is 15.2 Å². The highest BCUT2D eigenvalue weighted by atomic mass is 127. The zero-order chi connectivity index (χ0) is 18.4. The van der Waals surface area contributed by atoms with Gasteiger partial charge in [-0.25, -0.2) is 8.42 Å². The summed E-state index contributed by atoms with van der Waals surface area (Å²) in [6.45, 7) is 3.38. The zero-order valence-electron chi connectivity index (χ0n) is 15.9. The number of hydrogen-bond donors (Lipinski definition) is 2. The summed E-state index contributed by atoms with van der Waals surface area (Å²) in [6, 6.07) is 0.380. The Balaban J connectivity index is 0.00000261. The molecule has 0 aromatic carbocycles. The van der Waals surface area contributed by atoms with Gasteiger partial charge in [0.2, 0.25) is 0 Å². The van der Waals surface area contributed by atoms with E-state index in [1.54, 1.807) is 6.33 Å². The van der Waals surface area contributed by atoms with Gasteiger partial charge in [0.05, 0.1) is 18.1 Å². The number of hydrogen-bond acceptors (Lipinski definition) is 5. The van der Waals surface area contributed by atoms with E-state index in [0.29, 0.717) is 19.0 Å². The van der Waals surface area contributed by atoms with E-state index in [-0.39, 0.29) is 41.5 Å². The first-order valence-corrected chi connectivity index (χ1v) is 11.5. The maximum absolute atomic E-state index is 11.7. The fourth-order valence-corrected chi connectivity index (χ4v) is 5.36. The van der Waals surface area contributed by atoms with Gasteiger partial charge >= 0.3 is 0 Å². The molecule has 2 N–H and O–H groups in total. The molecule has 1 aliphatic carbocycles. The van der Waals surface area contributed by atoms with Crippen LogP contribution in [0.4, 0.5) is 0 Å². The molecular weight excluding hydrogens is 479 g/mol. The summed E-state index contributed by atoms with van der Waals surface area (Å²) in [5.74, 6) is 2.16. The third kappa shape index (κ3) is 6.88. The van der Waals surface area contributed by atoms with Crippen molar-refractivity contribution in [1.82, 2.24) is 25.4 Å². The fraction of sp³-hybridized carbons (Fsp3) is 0.824. The van der Waals surface area contributed by atoms with Crippen LogP contribution in [-0.2, 0) is 22.8 Å². The molecule has 1 saturated heterocycles. The Morgan fingerprint density at radius 1 is 1.22 bits per heavy atom. The third-order valence-corrected chi connectivity index (χ3v) is 6.91. The summed E-state index contributed by atoms with van der Waals surface area (Å²) >= 11 is 0. The quantitative estimate of drug-likeness (QED) is 0.342. The van der Waals surface area contributed by atoms with Crippen LogP contribution in [0.2, 0.25) is 0 Å². The summed E-state index contributed by atoms with van der Waals surface area (Å²) in [6.07, 6.45) is 9.30. The number of rotatable bonds is 6. The fourth-order valence-electron chi connectivity index (χ4n) is 3.68. The van der Waals surface area contributed by atoms with Crippen molar-refractivity contribution in [1.29, 1.82) is 0 Å². The Morgan fingerprint density at radius 3 is 2.63 bits per heavy atom. The van der Waals surface area contributed by atoms with Gasteiger partial charge in [-0.05, 0) is 19.3 Å². The molecule has 27 heavy (non-hydrogen) atoms. The molecule has 1 aliphatic heterocycles. The van der Waals surface area contributed by atoms with Crippen LogP contribution in [-0.4, -0.2) is 59.3 Å². The van der Waals surface area contributed by atoms with Gasteiger partial charge in [0.25, 0.3) is 0 Å². The first-order valence-electron chi connectivity index (χ1n) is 9.70. The van der Waals surface area contributed by atoms with Gasteiger partial charge in [-0.15, -0.1) is 34.2 Å². The molecule has 8 nitrogen and oxygen atoms in total. The van der Waals surface area contributed by atoms with Crippen molar-refractivity contribution in [2.24, 2.45) is 4.99 Å². The highest BCUT2D eigenvalue weighted by molar-refractivity contribution is 14.0. The number of guanidine groups is 1. The van der Waals surface area contributed by atoms with E-state index in [1.165, 1.54) is 19.3 Å². The van der Waals surface area contributed by atoms with E-state index < -0.39 is 9.84 Å². The van der Waals surface area contributed by atoms with E-state index in [2.05, 4.69) is 27.8 Å². The van der Waals surface area contributed by atoms with E-state index in [9.17, 15) is 8.42 Å². The maximum Gasteiger partial charge on any atom is 0.191 e. The average molecular weight is 510 g/mol. The molecule has 2 fully saturated rings. The Bertz CT molecular complexity index is 715. The number of sulfone groups is 1. The lowest BCUT2D eigenvalue weighted by Gasteiger charge is -2.26. The number of aryl methyl sites for hydroxylation is 1. The van der Waals surface area contributed by atoms with Gasteiger partial charge in [-0.3, -0.25) is 4.99 Å². The minimum absolute atomic E-state index is 0. The van der Waals surface area contributed by atoms with Crippen molar-refractivity contribution in [2.75, 3.05) is 18.1 Å². The van der Waals surface area contributed by atoms with Gasteiger partial charge in [0, 0.05) is 25.0 Å². The lowest BCUT2D eigenvalue weighted by molar-refractivity contribution is 0.408. The summed E-state index contributed by atoms with van der Waals surface area (Å²) in [4.78, 5) is 4.70. The van der Waals surface area contributed by atoms with E-state index in [4.69, 9.17) is 4.99 Å². The Labute approximate surface area is 178 Å². The Kier molecular flexibility index (Phi) is 8.77. The number of halogens is 1. The predicted molar refractivity (Wildman–Crippen MR) is 117 cm³/mol. The van der Waals surface area contributed by atoms with Gasteiger partial charge in [0.1, 0.15) is 12.2 Å². The van der Waals surface area contributed by atoms with Crippen molar-refractivity contribution >= 4 is 39.8 Å². The summed E-state index contributed by atoms with van der Waals surface area (Å²) in [5, 5.41) is 14.9. The third-order valence-electron chi connectivity index (χ3n) is 5.14. The van der Waals surface area contributed by atoms with Crippen LogP contribution in [0.25, 0.3) is 0 Å². The molecule has 0 radical (unpaired) electrons. The van der Waals surface area contributed by atoms with Crippen molar-refractivity contribution in [3.8, 4) is 0 Å². The first-order chi connectivity index (χ1) is 12.6. The topological polar surface area (TPSA) is 101 Å². The molecule has 10 heteroatoms. The molecule has 0 bridgehead atoms. The highest BCUT2D eigenvalue weighted by Crippen LogP contribution is 2.17. The number of aliphatic imine (C=N–C) groups is 1. The molecule has 1 aromatic rings. The van der Waals surface area contributed by atoms with Crippen LogP contribution in [0.15, 0.2) is 11.3 Å². The van der Waals surface area contributed by atoms with Crippen molar-refractivity contribution in [3.63, 3.8) is 0 Å². The molecule has 3 rings (SSSR count). The van der Waals surface area contributed by atoms with Crippen LogP contribution in [0.5, 0.6) is 0 Å². The second-order valence-corrected chi connectivity index (χ2v) is 9.48. The summed E-state index contributed by atoms with van der Waals surface area (Å²) < 4.78 is 25.5. The van der Waals surface area contributed by atoms with Gasteiger partial charge in [-0.2, -0.15) is 0 Å². The standard InChI is InChI=1S/C17H30N6O2S.HI/c1-2-16-22-19-13-23(16)10-9-18-17(20-14-6-4-3-5-7-14)21-15-8-11-26(24,25)12-15;/h13-15H,2-12H2,1H3,(H2,18,20,21);1H. The second kappa shape index (κ2) is 10.6. The van der Waals surface area contributed by atoms with Crippen molar-refractivity contribution in [3.05, 3.63) is 12.2 Å². The largest absolute Gasteiger partial charge is 0.354 e. The Morgan fingerprint density at radius 2 is 1.96 bits per heavy atom. The summed E-state index contributed by atoms with van der Waals surface area (Å²) in [5.41, 5.74) is 0. The van der Waals surface area contributed by atoms with E-state index in [1.807, 2.05) is 4.57 Å². The lowest BCUT2D eigenvalue weighted by Crippen LogP contribution is -2.48. The predicted octanol–water partition coefficient (Wildman–Crippen LogP) is 1.51. The van der Waals surface area contributed by atoms with Crippen molar-refractivity contribution in [2.45, 2.75) is 70.5 Å². The van der Waals surface area contributed by atoms with Crippen molar-refractivity contribution < 1.29 is 8.42 Å². The van der Waals surface area contributed by atoms with Crippen LogP contribution < -0.4 is 10.6 Å². The molecule has 2 aliphatic rings. The molecule has 1 saturated carbocycles. The minimum atomic E-state index is -2.91. The molecule has 2 heterocycles. The monoisotopic (exact) mass is 510 g/mol. The number of aromatic nitrogens is 3. The molecule has 0 spiro atoms. The zero-order valence-corrected chi connectivity index (χ0v) is 19.1. The van der Waals surface area contributed by atoms with E-state index >= 15 is 0 Å². The van der Waals surface area contributed by atoms with Crippen LogP contribution in [0.1, 0.15) is 51.3 Å². The molecule has 1 unspecified atom stereocenters. The molecule has 0 amide bonds. The smallest absolute Gasteiger partial charge is 0.191 e. The SMILES string of the molecule is CCc1nncn1CCN=C(NC1CCCCC1)NC1CCS(=O)(=O)C1.I. The van der Waals surface area contributed by atoms with Crippen LogP contribution in [0.3, 0.4) is 0 Å². The Hall–Kier alpha value is -0.910. The van der Waals surface area contributed by atoms with Crippen LogP contribution >= 0.6 is 24.0 Å². The average Bonchev–Trinajstić information content (AvgIpc) is 3.21. The first kappa shape index (κ1) is 22.4. The molecule has 154 valence electrons. The number of nitrogens with one attached hydrogen (secondary N) is 2. The van der Waals surface area contributed by atoms with Gasteiger partial charge in [-0.1, -0.05) is 26.2 Å². The summed E-state index contributed by atoms with van der Waals surface area (Å²) in [7, 11) is -2.91. The maximum atomic E-state index is 11.7. The second-order valence-electron chi connectivity index (χ2n) is 7.25. The van der Waals surface area contributed by atoms with Crippen LogP contribution in [0, 0.1) is 0 Å². The number of nitrogens with zero attached hydrogens (tertiary/aromatic N) is 4. The molecular formula is C17H31IN6O2S. The normalized spacial score (nSPS) is 23.0. The molecule has 1 aromatic heterocycles. The lowest BCUT2D eigenvalue weighted by atomic mass is 9.96. The van der Waals surface area contributed by atoms with E-state index in [0.717, 1.165) is 37.6 Å². The minimum Gasteiger partial charge on any atom is -0.354 e. The van der Waals surface area contributed by atoms with Gasteiger partial charge in [0.15, 0.2) is 15.8 Å².